The van der Waals surface area contributed by atoms with Gasteiger partial charge in [0.1, 0.15) is 0 Å². The molecule has 1 fully saturated rings. The molecule has 0 spiro atoms. The molecule has 0 unspecified atom stereocenters. The predicted octanol–water partition coefficient (Wildman–Crippen LogP) is 2.20. The van der Waals surface area contributed by atoms with Gasteiger partial charge in [0.15, 0.2) is 23.6 Å². The van der Waals surface area contributed by atoms with Gasteiger partial charge in [-0.15, -0.1) is 0 Å². The van der Waals surface area contributed by atoms with Gasteiger partial charge in [-0.2, -0.15) is 5.11 Å². The Morgan fingerprint density at radius 3 is 2.31 bits per heavy atom. The summed E-state index contributed by atoms with van der Waals surface area (Å²) in [6.45, 7) is 0. The van der Waals surface area contributed by atoms with Crippen LogP contribution in [-0.2, 0) is 9.59 Å². The fourth-order valence-electron chi connectivity index (χ4n) is 3.17. The molecule has 2 heterocycles. The second-order valence-electron chi connectivity index (χ2n) is 5.83. The average molecular weight is 352 g/mol. The zero-order chi connectivity index (χ0) is 18.3. The minimum absolute atomic E-state index is 0.374. The topological polar surface area (TPSA) is 83.8 Å². The Kier molecular flexibility index (Phi) is 3.80. The van der Waals surface area contributed by atoms with Gasteiger partial charge >= 0.3 is 0 Å². The summed E-state index contributed by atoms with van der Waals surface area (Å²) in [4.78, 5) is 26.9. The molecule has 4 rings (SSSR count). The van der Waals surface area contributed by atoms with Crippen molar-refractivity contribution in [2.75, 3.05) is 24.1 Å². The van der Waals surface area contributed by atoms with Gasteiger partial charge in [0.05, 0.1) is 25.6 Å². The summed E-state index contributed by atoms with van der Waals surface area (Å²) < 4.78 is 10.5. The van der Waals surface area contributed by atoms with E-state index in [1.54, 1.807) is 18.2 Å². The number of benzene rings is 2. The Bertz CT molecular complexity index is 899. The van der Waals surface area contributed by atoms with Crippen LogP contribution >= 0.6 is 0 Å². The van der Waals surface area contributed by atoms with E-state index in [4.69, 9.17) is 9.47 Å². The molecule has 0 aromatic heterocycles. The van der Waals surface area contributed by atoms with Crippen LogP contribution in [0, 0.1) is 0 Å². The Hall–Kier alpha value is -3.42. The van der Waals surface area contributed by atoms with Crippen LogP contribution in [0.15, 0.2) is 58.9 Å². The first-order valence-corrected chi connectivity index (χ1v) is 8.00. The normalized spacial score (nSPS) is 21.3. The molecule has 2 atom stereocenters. The Morgan fingerprint density at radius 1 is 0.885 bits per heavy atom. The number of rotatable bonds is 4. The number of methoxy groups -OCH3 is 2. The molecule has 0 saturated carbocycles. The number of imide groups is 1. The second-order valence-corrected chi connectivity index (χ2v) is 5.83. The van der Waals surface area contributed by atoms with Crippen LogP contribution in [0.4, 0.5) is 11.4 Å². The number of fused-ring (bicyclic) bond motifs is 1. The van der Waals surface area contributed by atoms with E-state index in [1.165, 1.54) is 19.2 Å². The number of para-hydroxylation sites is 1. The van der Waals surface area contributed by atoms with Gasteiger partial charge in [0.25, 0.3) is 11.8 Å². The molecular weight excluding hydrogens is 336 g/mol. The van der Waals surface area contributed by atoms with Crippen molar-refractivity contribution in [1.82, 2.24) is 0 Å². The van der Waals surface area contributed by atoms with Gasteiger partial charge in [-0.1, -0.05) is 23.4 Å². The van der Waals surface area contributed by atoms with Crippen molar-refractivity contribution in [3.05, 3.63) is 48.5 Å². The first kappa shape index (κ1) is 16.1. The van der Waals surface area contributed by atoms with Gasteiger partial charge in [0.2, 0.25) is 0 Å². The molecule has 0 bridgehead atoms. The molecular formula is C18H16N4O4. The third kappa shape index (κ3) is 2.30. The van der Waals surface area contributed by atoms with Crippen molar-refractivity contribution in [2.45, 2.75) is 12.1 Å². The Morgan fingerprint density at radius 2 is 1.62 bits per heavy atom. The number of ether oxygens (including phenoxy) is 2. The van der Waals surface area contributed by atoms with Crippen LogP contribution in [0.1, 0.15) is 0 Å². The summed E-state index contributed by atoms with van der Waals surface area (Å²) in [6, 6.07) is 12.4. The van der Waals surface area contributed by atoms with Crippen LogP contribution < -0.4 is 19.4 Å². The number of carbonyl (C=O) groups excluding carboxylic acids is 2. The fourth-order valence-corrected chi connectivity index (χ4v) is 3.17. The summed E-state index contributed by atoms with van der Waals surface area (Å²) in [5.41, 5.74) is 1.12. The minimum Gasteiger partial charge on any atom is -0.493 e. The molecule has 0 aliphatic carbocycles. The molecule has 1 saturated heterocycles. The summed E-state index contributed by atoms with van der Waals surface area (Å²) in [6.07, 6.45) is 0. The molecule has 2 aliphatic heterocycles. The quantitative estimate of drug-likeness (QED) is 0.788. The fraction of sp³-hybridized carbons (Fsp3) is 0.222. The lowest BCUT2D eigenvalue weighted by Crippen LogP contribution is -2.39. The standard InChI is InChI=1S/C18H16N4O4/c1-25-13-9-8-12(10-14(13)26-2)21-17(23)15-16(18(21)24)22(20-19-15)11-6-4-3-5-7-11/h3-10,15-16H,1-2H3/t15-,16+/m1/s1. The minimum atomic E-state index is -0.851. The third-order valence-electron chi connectivity index (χ3n) is 4.43. The summed E-state index contributed by atoms with van der Waals surface area (Å²) >= 11 is 0. The molecule has 2 aromatic rings. The number of hydrogen-bond acceptors (Lipinski definition) is 7. The van der Waals surface area contributed by atoms with Crippen LogP contribution in [0.2, 0.25) is 0 Å². The molecule has 0 N–H and O–H groups in total. The van der Waals surface area contributed by atoms with Crippen LogP contribution in [0.3, 0.4) is 0 Å². The van der Waals surface area contributed by atoms with E-state index in [2.05, 4.69) is 10.3 Å². The average Bonchev–Trinajstić information content (AvgIpc) is 3.22. The summed E-state index contributed by atoms with van der Waals surface area (Å²) in [7, 11) is 3.02. The SMILES string of the molecule is COc1ccc(N2C(=O)[C@@H]3[C@@H](N=NN3c3ccccc3)C2=O)cc1OC. The summed E-state index contributed by atoms with van der Waals surface area (Å²) in [5.74, 6) is 0.167. The maximum Gasteiger partial charge on any atom is 0.263 e. The number of anilines is 2. The maximum atomic E-state index is 13.0. The summed E-state index contributed by atoms with van der Waals surface area (Å²) in [5, 5.41) is 9.54. The lowest BCUT2D eigenvalue weighted by molar-refractivity contribution is -0.121. The van der Waals surface area contributed by atoms with E-state index < -0.39 is 18.0 Å². The zero-order valence-corrected chi connectivity index (χ0v) is 14.2. The second kappa shape index (κ2) is 6.14. The number of amides is 2. The van der Waals surface area contributed by atoms with Crippen molar-refractivity contribution in [3.63, 3.8) is 0 Å². The highest BCUT2D eigenvalue weighted by Crippen LogP contribution is 2.37. The van der Waals surface area contributed by atoms with Crippen LogP contribution in [-0.4, -0.2) is 38.1 Å². The Balaban J connectivity index is 1.70. The molecule has 8 nitrogen and oxygen atoms in total. The van der Waals surface area contributed by atoms with E-state index >= 15 is 0 Å². The van der Waals surface area contributed by atoms with Gasteiger partial charge in [0, 0.05) is 6.07 Å². The van der Waals surface area contributed by atoms with Gasteiger partial charge in [-0.25, -0.2) is 9.91 Å². The van der Waals surface area contributed by atoms with Gasteiger partial charge in [-0.05, 0) is 24.3 Å². The molecule has 2 aromatic carbocycles. The van der Waals surface area contributed by atoms with Crippen molar-refractivity contribution in [2.24, 2.45) is 10.3 Å². The van der Waals surface area contributed by atoms with Crippen molar-refractivity contribution in [3.8, 4) is 11.5 Å². The first-order chi connectivity index (χ1) is 12.7. The molecule has 2 aliphatic rings. The highest BCUT2D eigenvalue weighted by atomic mass is 16.5. The third-order valence-corrected chi connectivity index (χ3v) is 4.43. The number of hydrogen-bond donors (Lipinski definition) is 0. The van der Waals surface area contributed by atoms with E-state index in [-0.39, 0.29) is 5.91 Å². The molecule has 132 valence electrons. The van der Waals surface area contributed by atoms with Crippen molar-refractivity contribution < 1.29 is 19.1 Å². The van der Waals surface area contributed by atoms with E-state index in [0.29, 0.717) is 22.9 Å². The zero-order valence-electron chi connectivity index (χ0n) is 14.2. The van der Waals surface area contributed by atoms with Gasteiger partial charge < -0.3 is 9.47 Å². The predicted molar refractivity (Wildman–Crippen MR) is 93.4 cm³/mol. The van der Waals surface area contributed by atoms with Crippen LogP contribution in [0.25, 0.3) is 0 Å². The maximum absolute atomic E-state index is 13.0. The lowest BCUT2D eigenvalue weighted by atomic mass is 10.1. The highest BCUT2D eigenvalue weighted by Gasteiger charge is 2.55. The highest BCUT2D eigenvalue weighted by molar-refractivity contribution is 6.26. The molecule has 26 heavy (non-hydrogen) atoms. The van der Waals surface area contributed by atoms with E-state index in [0.717, 1.165) is 4.90 Å². The van der Waals surface area contributed by atoms with Crippen LogP contribution in [0.5, 0.6) is 11.5 Å². The largest absolute Gasteiger partial charge is 0.493 e. The van der Waals surface area contributed by atoms with E-state index in [9.17, 15) is 9.59 Å². The molecule has 8 heteroatoms. The van der Waals surface area contributed by atoms with Crippen molar-refractivity contribution in [1.29, 1.82) is 0 Å². The lowest BCUT2D eigenvalue weighted by Gasteiger charge is -2.21. The monoisotopic (exact) mass is 352 g/mol. The number of nitrogens with zero attached hydrogens (tertiary/aromatic N) is 4. The molecule has 0 radical (unpaired) electrons. The van der Waals surface area contributed by atoms with Crippen molar-refractivity contribution >= 4 is 23.2 Å². The Labute approximate surface area is 149 Å². The first-order valence-electron chi connectivity index (χ1n) is 8.00. The number of carbonyl (C=O) groups is 2. The van der Waals surface area contributed by atoms with Gasteiger partial charge in [-0.3, -0.25) is 9.59 Å². The molecule has 2 amide bonds. The van der Waals surface area contributed by atoms with E-state index in [1.807, 2.05) is 30.3 Å². The smallest absolute Gasteiger partial charge is 0.263 e.